The zero-order valence-corrected chi connectivity index (χ0v) is 14.0. The number of aromatic carboxylic acids is 1. The molecule has 0 spiro atoms. The second-order valence-corrected chi connectivity index (χ2v) is 5.94. The topological polar surface area (TPSA) is 63.6 Å². The minimum Gasteiger partial charge on any atom is -0.478 e. The van der Waals surface area contributed by atoms with Gasteiger partial charge in [-0.2, -0.15) is 0 Å². The summed E-state index contributed by atoms with van der Waals surface area (Å²) in [6.07, 6.45) is 2.55. The van der Waals surface area contributed by atoms with E-state index in [9.17, 15) is 14.7 Å². The van der Waals surface area contributed by atoms with Gasteiger partial charge >= 0.3 is 11.9 Å². The zero-order chi connectivity index (χ0) is 17.6. The van der Waals surface area contributed by atoms with E-state index in [0.717, 1.165) is 18.4 Å². The number of hydrogen-bond donors (Lipinski definition) is 1. The number of ether oxygens (including phenoxy) is 1. The fourth-order valence-electron chi connectivity index (χ4n) is 2.67. The molecule has 0 bridgehead atoms. The van der Waals surface area contributed by atoms with E-state index >= 15 is 0 Å². The fourth-order valence-corrected chi connectivity index (χ4v) is 2.67. The summed E-state index contributed by atoms with van der Waals surface area (Å²) >= 11 is 0. The van der Waals surface area contributed by atoms with Crippen molar-refractivity contribution < 1.29 is 19.4 Å². The van der Waals surface area contributed by atoms with Crippen molar-refractivity contribution in [2.75, 3.05) is 0 Å². The number of benzene rings is 2. The molecule has 0 aliphatic carbocycles. The van der Waals surface area contributed by atoms with Crippen molar-refractivity contribution in [2.45, 2.75) is 38.7 Å². The Morgan fingerprint density at radius 3 is 2.17 bits per heavy atom. The van der Waals surface area contributed by atoms with Crippen molar-refractivity contribution in [3.05, 3.63) is 71.3 Å². The van der Waals surface area contributed by atoms with E-state index in [4.69, 9.17) is 4.74 Å². The largest absolute Gasteiger partial charge is 0.478 e. The molecule has 0 fully saturated rings. The van der Waals surface area contributed by atoms with Gasteiger partial charge in [-0.3, -0.25) is 0 Å². The number of carbonyl (C=O) groups is 2. The van der Waals surface area contributed by atoms with E-state index in [1.807, 2.05) is 37.3 Å². The quantitative estimate of drug-likeness (QED) is 0.752. The predicted molar refractivity (Wildman–Crippen MR) is 92.1 cm³/mol. The van der Waals surface area contributed by atoms with Gasteiger partial charge in [-0.25, -0.2) is 9.59 Å². The Labute approximate surface area is 142 Å². The Kier molecular flexibility index (Phi) is 5.74. The average molecular weight is 326 g/mol. The second-order valence-electron chi connectivity index (χ2n) is 5.94. The Morgan fingerprint density at radius 2 is 1.58 bits per heavy atom. The molecule has 24 heavy (non-hydrogen) atoms. The van der Waals surface area contributed by atoms with E-state index in [1.165, 1.54) is 12.1 Å². The number of hydrogen-bond acceptors (Lipinski definition) is 3. The van der Waals surface area contributed by atoms with Gasteiger partial charge in [0.05, 0.1) is 11.1 Å². The van der Waals surface area contributed by atoms with Gasteiger partial charge in [0.2, 0.25) is 0 Å². The minimum atomic E-state index is -1.14. The first-order valence-corrected chi connectivity index (χ1v) is 8.09. The van der Waals surface area contributed by atoms with Crippen LogP contribution in [0.15, 0.2) is 54.6 Å². The molecule has 0 amide bonds. The van der Waals surface area contributed by atoms with Crippen LogP contribution in [0.4, 0.5) is 0 Å². The van der Waals surface area contributed by atoms with Crippen molar-refractivity contribution in [1.29, 1.82) is 0 Å². The van der Waals surface area contributed by atoms with Crippen molar-refractivity contribution in [3.8, 4) is 0 Å². The van der Waals surface area contributed by atoms with Crippen LogP contribution in [0.3, 0.4) is 0 Å². The molecule has 126 valence electrons. The van der Waals surface area contributed by atoms with E-state index < -0.39 is 17.5 Å². The lowest BCUT2D eigenvalue weighted by Gasteiger charge is -2.30. The highest BCUT2D eigenvalue weighted by Crippen LogP contribution is 2.32. The van der Waals surface area contributed by atoms with Gasteiger partial charge in [0, 0.05) is 0 Å². The molecule has 0 saturated carbocycles. The lowest BCUT2D eigenvalue weighted by molar-refractivity contribution is -0.0176. The highest BCUT2D eigenvalue weighted by atomic mass is 16.6. The van der Waals surface area contributed by atoms with Crippen LogP contribution in [0.2, 0.25) is 0 Å². The maximum Gasteiger partial charge on any atom is 0.339 e. The molecular formula is C20H22O4. The van der Waals surface area contributed by atoms with Crippen LogP contribution < -0.4 is 0 Å². The van der Waals surface area contributed by atoms with Crippen LogP contribution in [-0.2, 0) is 10.3 Å². The third-order valence-corrected chi connectivity index (χ3v) is 4.09. The Hall–Kier alpha value is -2.62. The Balaban J connectivity index is 2.33. The first kappa shape index (κ1) is 17.7. The van der Waals surface area contributed by atoms with Gasteiger partial charge in [0.15, 0.2) is 0 Å². The van der Waals surface area contributed by atoms with Gasteiger partial charge in [-0.15, -0.1) is 0 Å². The van der Waals surface area contributed by atoms with E-state index in [2.05, 4.69) is 6.92 Å². The monoisotopic (exact) mass is 326 g/mol. The molecule has 0 radical (unpaired) electrons. The summed E-state index contributed by atoms with van der Waals surface area (Å²) < 4.78 is 5.80. The molecule has 2 aromatic rings. The Bertz CT molecular complexity index is 709. The van der Waals surface area contributed by atoms with Gasteiger partial charge in [0.1, 0.15) is 5.60 Å². The second kappa shape index (κ2) is 7.77. The smallest absolute Gasteiger partial charge is 0.339 e. The first-order valence-electron chi connectivity index (χ1n) is 8.09. The van der Waals surface area contributed by atoms with E-state index in [-0.39, 0.29) is 11.1 Å². The number of carbonyl (C=O) groups excluding carboxylic acids is 1. The molecule has 0 heterocycles. The number of esters is 1. The molecule has 0 saturated heterocycles. The summed E-state index contributed by atoms with van der Waals surface area (Å²) in [5.74, 6) is -1.76. The molecule has 0 aromatic heterocycles. The number of carboxylic acid groups (broad SMARTS) is 1. The summed E-state index contributed by atoms with van der Waals surface area (Å²) in [4.78, 5) is 24.0. The summed E-state index contributed by atoms with van der Waals surface area (Å²) in [6, 6.07) is 15.7. The molecule has 4 nitrogen and oxygen atoms in total. The summed E-state index contributed by atoms with van der Waals surface area (Å²) in [6.45, 7) is 3.95. The third kappa shape index (κ3) is 4.02. The van der Waals surface area contributed by atoms with Gasteiger partial charge in [0.25, 0.3) is 0 Å². The average Bonchev–Trinajstić information content (AvgIpc) is 2.60. The van der Waals surface area contributed by atoms with Crippen LogP contribution >= 0.6 is 0 Å². The SMILES string of the molecule is CCCCC(C)(OC(=O)c1ccccc1C(=O)O)c1ccccc1. The normalized spacial score (nSPS) is 13.1. The van der Waals surface area contributed by atoms with Crippen molar-refractivity contribution in [3.63, 3.8) is 0 Å². The molecule has 4 heteroatoms. The maximum atomic E-state index is 12.6. The predicted octanol–water partition coefficient (Wildman–Crippen LogP) is 4.65. The summed E-state index contributed by atoms with van der Waals surface area (Å²) in [5, 5.41) is 9.26. The number of carboxylic acids is 1. The van der Waals surface area contributed by atoms with Crippen LogP contribution in [0.5, 0.6) is 0 Å². The van der Waals surface area contributed by atoms with Crippen LogP contribution in [0, 0.1) is 0 Å². The fraction of sp³-hybridized carbons (Fsp3) is 0.300. The summed E-state index contributed by atoms with van der Waals surface area (Å²) in [7, 11) is 0. The highest BCUT2D eigenvalue weighted by molar-refractivity contribution is 6.02. The van der Waals surface area contributed by atoms with E-state index in [1.54, 1.807) is 12.1 Å². The highest BCUT2D eigenvalue weighted by Gasteiger charge is 2.32. The third-order valence-electron chi connectivity index (χ3n) is 4.09. The molecule has 1 N–H and O–H groups in total. The maximum absolute atomic E-state index is 12.6. The zero-order valence-electron chi connectivity index (χ0n) is 14.0. The molecule has 1 unspecified atom stereocenters. The molecule has 2 aromatic carbocycles. The molecule has 0 aliphatic heterocycles. The minimum absolute atomic E-state index is 0.0478. The molecule has 1 atom stereocenters. The Morgan fingerprint density at radius 1 is 1.00 bits per heavy atom. The van der Waals surface area contributed by atoms with Gasteiger partial charge < -0.3 is 9.84 Å². The van der Waals surface area contributed by atoms with Crippen LogP contribution in [0.1, 0.15) is 59.4 Å². The van der Waals surface area contributed by atoms with Crippen molar-refractivity contribution in [2.24, 2.45) is 0 Å². The van der Waals surface area contributed by atoms with Crippen molar-refractivity contribution in [1.82, 2.24) is 0 Å². The number of unbranched alkanes of at least 4 members (excludes halogenated alkanes) is 1. The molecular weight excluding hydrogens is 304 g/mol. The van der Waals surface area contributed by atoms with Gasteiger partial charge in [-0.05, 0) is 37.5 Å². The first-order chi connectivity index (χ1) is 11.5. The molecule has 2 rings (SSSR count). The lowest BCUT2D eigenvalue weighted by atomic mass is 9.90. The number of rotatable bonds is 7. The van der Waals surface area contributed by atoms with Crippen molar-refractivity contribution >= 4 is 11.9 Å². The van der Waals surface area contributed by atoms with E-state index in [0.29, 0.717) is 6.42 Å². The lowest BCUT2D eigenvalue weighted by Crippen LogP contribution is -2.30. The standard InChI is InChI=1S/C20H22O4/c1-3-4-14-20(2,15-10-6-5-7-11-15)24-19(23)17-13-9-8-12-16(17)18(21)22/h5-13H,3-4,14H2,1-2H3,(H,21,22). The van der Waals surface area contributed by atoms with Gasteiger partial charge in [-0.1, -0.05) is 55.8 Å². The summed E-state index contributed by atoms with van der Waals surface area (Å²) in [5.41, 5.74) is 0.136. The van der Waals surface area contributed by atoms with Crippen LogP contribution in [0.25, 0.3) is 0 Å². The molecule has 0 aliphatic rings. The van der Waals surface area contributed by atoms with Crippen LogP contribution in [-0.4, -0.2) is 17.0 Å².